The Kier molecular flexibility index (Phi) is 3.62. The zero-order chi connectivity index (χ0) is 13.1. The Morgan fingerprint density at radius 3 is 2.83 bits per heavy atom. The van der Waals surface area contributed by atoms with E-state index in [1.165, 1.54) is 12.3 Å². The fraction of sp³-hybridized carbons (Fsp3) is 0.0769. The summed E-state index contributed by atoms with van der Waals surface area (Å²) in [6.07, 6.45) is 1.49. The van der Waals surface area contributed by atoms with E-state index in [-0.39, 0.29) is 11.4 Å². The maximum Gasteiger partial charge on any atom is 0.341 e. The van der Waals surface area contributed by atoms with Crippen LogP contribution >= 0.6 is 15.9 Å². The van der Waals surface area contributed by atoms with Crippen LogP contribution in [-0.4, -0.2) is 16.1 Å². The van der Waals surface area contributed by atoms with Crippen LogP contribution in [0.2, 0.25) is 0 Å². The summed E-state index contributed by atoms with van der Waals surface area (Å²) < 4.78 is 6.46. The minimum Gasteiger partial charge on any atom is -0.477 e. The van der Waals surface area contributed by atoms with Crippen molar-refractivity contribution < 1.29 is 14.6 Å². The molecule has 18 heavy (non-hydrogen) atoms. The van der Waals surface area contributed by atoms with Gasteiger partial charge in [0.05, 0.1) is 0 Å². The quantitative estimate of drug-likeness (QED) is 0.940. The first-order valence-corrected chi connectivity index (χ1v) is 5.99. The summed E-state index contributed by atoms with van der Waals surface area (Å²) in [6, 6.07) is 8.41. The predicted molar refractivity (Wildman–Crippen MR) is 70.1 cm³/mol. The minimum absolute atomic E-state index is 0.0399. The first-order chi connectivity index (χ1) is 8.58. The van der Waals surface area contributed by atoms with E-state index in [0.29, 0.717) is 5.75 Å². The van der Waals surface area contributed by atoms with E-state index in [1.807, 2.05) is 19.1 Å². The summed E-state index contributed by atoms with van der Waals surface area (Å²) in [5.74, 6) is -0.421. The van der Waals surface area contributed by atoms with Gasteiger partial charge in [0.25, 0.3) is 0 Å². The molecule has 1 heterocycles. The van der Waals surface area contributed by atoms with Crippen molar-refractivity contribution in [3.8, 4) is 11.6 Å². The third-order valence-electron chi connectivity index (χ3n) is 2.35. The molecule has 1 N–H and O–H groups in total. The van der Waals surface area contributed by atoms with Crippen LogP contribution in [0.1, 0.15) is 15.9 Å². The van der Waals surface area contributed by atoms with Crippen LogP contribution in [0.25, 0.3) is 0 Å². The number of pyridine rings is 1. The minimum atomic E-state index is -1.06. The molecule has 1 aromatic heterocycles. The Morgan fingerprint density at radius 1 is 1.39 bits per heavy atom. The molecule has 0 bridgehead atoms. The number of rotatable bonds is 3. The number of benzene rings is 1. The second-order valence-corrected chi connectivity index (χ2v) is 4.53. The topological polar surface area (TPSA) is 59.4 Å². The van der Waals surface area contributed by atoms with Gasteiger partial charge in [0.1, 0.15) is 11.3 Å². The van der Waals surface area contributed by atoms with Gasteiger partial charge in [-0.2, -0.15) is 0 Å². The number of aromatic carboxylic acids is 1. The second kappa shape index (κ2) is 5.18. The lowest BCUT2D eigenvalue weighted by Crippen LogP contribution is -2.01. The van der Waals surface area contributed by atoms with Gasteiger partial charge < -0.3 is 9.84 Å². The van der Waals surface area contributed by atoms with Gasteiger partial charge in [-0.1, -0.05) is 15.9 Å². The van der Waals surface area contributed by atoms with Crippen LogP contribution in [0.4, 0.5) is 0 Å². The summed E-state index contributed by atoms with van der Waals surface area (Å²) in [7, 11) is 0. The van der Waals surface area contributed by atoms with Gasteiger partial charge in [0, 0.05) is 10.7 Å². The van der Waals surface area contributed by atoms with Crippen molar-refractivity contribution >= 4 is 21.9 Å². The lowest BCUT2D eigenvalue weighted by Gasteiger charge is -2.08. The fourth-order valence-electron chi connectivity index (χ4n) is 1.43. The number of hydrogen-bond donors (Lipinski definition) is 1. The smallest absolute Gasteiger partial charge is 0.341 e. The monoisotopic (exact) mass is 307 g/mol. The third kappa shape index (κ3) is 2.68. The molecule has 0 radical (unpaired) electrons. The van der Waals surface area contributed by atoms with Gasteiger partial charge in [0.2, 0.25) is 5.88 Å². The zero-order valence-electron chi connectivity index (χ0n) is 9.55. The average Bonchev–Trinajstić information content (AvgIpc) is 2.34. The van der Waals surface area contributed by atoms with E-state index in [2.05, 4.69) is 20.9 Å². The lowest BCUT2D eigenvalue weighted by molar-refractivity contribution is 0.0693. The Morgan fingerprint density at radius 2 is 2.17 bits per heavy atom. The summed E-state index contributed by atoms with van der Waals surface area (Å²) in [5.41, 5.74) is 1.04. The summed E-state index contributed by atoms with van der Waals surface area (Å²) in [4.78, 5) is 14.9. The summed E-state index contributed by atoms with van der Waals surface area (Å²) in [5, 5.41) is 9.01. The normalized spacial score (nSPS) is 10.1. The third-order valence-corrected chi connectivity index (χ3v) is 3.24. The SMILES string of the molecule is Cc1cc(Oc2ncccc2C(=O)O)ccc1Br. The molecule has 4 nitrogen and oxygen atoms in total. The van der Waals surface area contributed by atoms with E-state index in [1.54, 1.807) is 12.1 Å². The molecule has 0 amide bonds. The fourth-order valence-corrected chi connectivity index (χ4v) is 1.67. The number of carboxylic acid groups (broad SMARTS) is 1. The van der Waals surface area contributed by atoms with E-state index in [0.717, 1.165) is 10.0 Å². The Hall–Kier alpha value is -1.88. The van der Waals surface area contributed by atoms with Crippen LogP contribution in [-0.2, 0) is 0 Å². The molecule has 0 aliphatic carbocycles. The highest BCUT2D eigenvalue weighted by atomic mass is 79.9. The van der Waals surface area contributed by atoms with E-state index in [4.69, 9.17) is 9.84 Å². The molecule has 0 fully saturated rings. The van der Waals surface area contributed by atoms with Gasteiger partial charge in [-0.3, -0.25) is 0 Å². The lowest BCUT2D eigenvalue weighted by atomic mass is 10.2. The molecular formula is C13H10BrNO3. The molecule has 0 unspecified atom stereocenters. The number of nitrogens with zero attached hydrogens (tertiary/aromatic N) is 1. The van der Waals surface area contributed by atoms with Crippen molar-refractivity contribution in [3.63, 3.8) is 0 Å². The Bertz CT molecular complexity index is 599. The molecular weight excluding hydrogens is 298 g/mol. The first kappa shape index (κ1) is 12.6. The molecule has 0 aliphatic heterocycles. The number of ether oxygens (including phenoxy) is 1. The highest BCUT2D eigenvalue weighted by molar-refractivity contribution is 9.10. The maximum atomic E-state index is 11.0. The summed E-state index contributed by atoms with van der Waals surface area (Å²) in [6.45, 7) is 1.92. The second-order valence-electron chi connectivity index (χ2n) is 3.67. The molecule has 0 saturated carbocycles. The zero-order valence-corrected chi connectivity index (χ0v) is 11.1. The molecule has 92 valence electrons. The van der Waals surface area contributed by atoms with Crippen molar-refractivity contribution in [2.24, 2.45) is 0 Å². The molecule has 5 heteroatoms. The van der Waals surface area contributed by atoms with Crippen LogP contribution in [0.5, 0.6) is 11.6 Å². The van der Waals surface area contributed by atoms with E-state index in [9.17, 15) is 4.79 Å². The van der Waals surface area contributed by atoms with Crippen molar-refractivity contribution in [1.82, 2.24) is 4.98 Å². The number of aryl methyl sites for hydroxylation is 1. The van der Waals surface area contributed by atoms with Crippen molar-refractivity contribution in [1.29, 1.82) is 0 Å². The first-order valence-electron chi connectivity index (χ1n) is 5.20. The van der Waals surface area contributed by atoms with E-state index >= 15 is 0 Å². The van der Waals surface area contributed by atoms with Gasteiger partial charge >= 0.3 is 5.97 Å². The summed E-state index contributed by atoms with van der Waals surface area (Å²) >= 11 is 3.39. The predicted octanol–water partition coefficient (Wildman–Crippen LogP) is 3.64. The standard InChI is InChI=1S/C13H10BrNO3/c1-8-7-9(4-5-11(8)14)18-12-10(13(16)17)3-2-6-15-12/h2-7H,1H3,(H,16,17). The van der Waals surface area contributed by atoms with Crippen LogP contribution in [0, 0.1) is 6.92 Å². The molecule has 2 rings (SSSR count). The Labute approximate surface area is 112 Å². The molecule has 2 aromatic rings. The van der Waals surface area contributed by atoms with Crippen LogP contribution in [0.3, 0.4) is 0 Å². The number of halogens is 1. The number of carbonyl (C=O) groups is 1. The van der Waals surface area contributed by atoms with Crippen LogP contribution < -0.4 is 4.74 Å². The molecule has 0 aliphatic rings. The average molecular weight is 308 g/mol. The number of hydrogen-bond acceptors (Lipinski definition) is 3. The van der Waals surface area contributed by atoms with Crippen molar-refractivity contribution in [3.05, 3.63) is 52.1 Å². The largest absolute Gasteiger partial charge is 0.477 e. The van der Waals surface area contributed by atoms with E-state index < -0.39 is 5.97 Å². The molecule has 1 aromatic carbocycles. The van der Waals surface area contributed by atoms with Crippen molar-refractivity contribution in [2.75, 3.05) is 0 Å². The number of aromatic nitrogens is 1. The molecule has 0 saturated heterocycles. The molecule has 0 spiro atoms. The highest BCUT2D eigenvalue weighted by Gasteiger charge is 2.12. The Balaban J connectivity index is 2.34. The van der Waals surface area contributed by atoms with Gasteiger partial charge in [-0.25, -0.2) is 9.78 Å². The van der Waals surface area contributed by atoms with Crippen LogP contribution in [0.15, 0.2) is 41.0 Å². The molecule has 0 atom stereocenters. The van der Waals surface area contributed by atoms with Gasteiger partial charge in [-0.05, 0) is 42.8 Å². The van der Waals surface area contributed by atoms with Crippen molar-refractivity contribution in [2.45, 2.75) is 6.92 Å². The van der Waals surface area contributed by atoms with Gasteiger partial charge in [0.15, 0.2) is 0 Å². The highest BCUT2D eigenvalue weighted by Crippen LogP contribution is 2.26. The van der Waals surface area contributed by atoms with Gasteiger partial charge in [-0.15, -0.1) is 0 Å². The maximum absolute atomic E-state index is 11.0. The number of carboxylic acids is 1.